The number of amides is 2. The maximum Gasteiger partial charge on any atom is 0.227 e. The maximum atomic E-state index is 12.7. The first-order valence-electron chi connectivity index (χ1n) is 9.30. The monoisotopic (exact) mass is 350 g/mol. The number of rotatable bonds is 4. The largest absolute Gasteiger partial charge is 0.309 e. The third kappa shape index (κ3) is 3.36. The first kappa shape index (κ1) is 18.2. The highest BCUT2D eigenvalue weighted by Gasteiger charge is 2.37. The third-order valence-electron chi connectivity index (χ3n) is 4.98. The molecule has 3 rings (SSSR count). The SMILES string of the molecule is CCCC(=O)N1c2ccccc2[C@@H](N(C(C)=O)c2ccccc2)C[C@H]1C. The number of fused-ring (bicyclic) bond motifs is 1. The standard InChI is InChI=1S/C22H26N2O2/c1-4-10-22(26)23-16(2)15-21(19-13-8-9-14-20(19)23)24(17(3)25)18-11-6-5-7-12-18/h5-9,11-14,16,21H,4,10,15H2,1-3H3/t16-,21+/m1/s1. The Morgan fingerprint density at radius 1 is 1.08 bits per heavy atom. The van der Waals surface area contributed by atoms with Crippen molar-refractivity contribution in [2.75, 3.05) is 9.80 Å². The van der Waals surface area contributed by atoms with Crippen LogP contribution in [0.15, 0.2) is 54.6 Å². The summed E-state index contributed by atoms with van der Waals surface area (Å²) in [6, 6.07) is 17.7. The molecule has 1 heterocycles. The van der Waals surface area contributed by atoms with Gasteiger partial charge in [-0.1, -0.05) is 43.3 Å². The van der Waals surface area contributed by atoms with Crippen LogP contribution in [0.3, 0.4) is 0 Å². The zero-order chi connectivity index (χ0) is 18.7. The van der Waals surface area contributed by atoms with Gasteiger partial charge in [0, 0.05) is 30.8 Å². The number of nitrogens with zero attached hydrogens (tertiary/aromatic N) is 2. The Morgan fingerprint density at radius 3 is 2.38 bits per heavy atom. The van der Waals surface area contributed by atoms with E-state index in [1.807, 2.05) is 71.3 Å². The van der Waals surface area contributed by atoms with Crippen LogP contribution in [0, 0.1) is 0 Å². The fraction of sp³-hybridized carbons (Fsp3) is 0.364. The highest BCUT2D eigenvalue weighted by molar-refractivity contribution is 5.97. The molecule has 2 aromatic carbocycles. The first-order valence-corrected chi connectivity index (χ1v) is 9.30. The van der Waals surface area contributed by atoms with Gasteiger partial charge in [0.05, 0.1) is 6.04 Å². The average Bonchev–Trinajstić information content (AvgIpc) is 2.62. The Balaban J connectivity index is 2.07. The van der Waals surface area contributed by atoms with Gasteiger partial charge >= 0.3 is 0 Å². The molecule has 0 saturated heterocycles. The predicted octanol–water partition coefficient (Wildman–Crippen LogP) is 4.71. The Hall–Kier alpha value is -2.62. The van der Waals surface area contributed by atoms with E-state index in [2.05, 4.69) is 6.92 Å². The van der Waals surface area contributed by atoms with Crippen LogP contribution >= 0.6 is 0 Å². The van der Waals surface area contributed by atoms with Crippen molar-refractivity contribution in [3.63, 3.8) is 0 Å². The second kappa shape index (κ2) is 7.73. The molecule has 0 saturated carbocycles. The molecule has 2 aromatic rings. The Labute approximate surface area is 155 Å². The van der Waals surface area contributed by atoms with Gasteiger partial charge in [0.15, 0.2) is 0 Å². The summed E-state index contributed by atoms with van der Waals surface area (Å²) in [6.45, 7) is 5.70. The van der Waals surface area contributed by atoms with E-state index in [1.54, 1.807) is 6.92 Å². The summed E-state index contributed by atoms with van der Waals surface area (Å²) in [7, 11) is 0. The number of hydrogen-bond acceptors (Lipinski definition) is 2. The third-order valence-corrected chi connectivity index (χ3v) is 4.98. The van der Waals surface area contributed by atoms with Crippen LogP contribution in [-0.2, 0) is 9.59 Å². The second-order valence-electron chi connectivity index (χ2n) is 6.90. The predicted molar refractivity (Wildman–Crippen MR) is 105 cm³/mol. The Morgan fingerprint density at radius 2 is 1.73 bits per heavy atom. The molecule has 1 aliphatic rings. The van der Waals surface area contributed by atoms with Crippen molar-refractivity contribution in [1.29, 1.82) is 0 Å². The van der Waals surface area contributed by atoms with Crippen molar-refractivity contribution in [1.82, 2.24) is 0 Å². The van der Waals surface area contributed by atoms with Gasteiger partial charge in [-0.3, -0.25) is 9.59 Å². The van der Waals surface area contributed by atoms with Crippen molar-refractivity contribution >= 4 is 23.2 Å². The molecule has 136 valence electrons. The van der Waals surface area contributed by atoms with Crippen LogP contribution in [0.1, 0.15) is 51.6 Å². The summed E-state index contributed by atoms with van der Waals surface area (Å²) in [5.74, 6) is 0.163. The second-order valence-corrected chi connectivity index (χ2v) is 6.90. The van der Waals surface area contributed by atoms with Crippen molar-refractivity contribution in [2.24, 2.45) is 0 Å². The number of carbonyl (C=O) groups excluding carboxylic acids is 2. The van der Waals surface area contributed by atoms with Gasteiger partial charge in [-0.15, -0.1) is 0 Å². The van der Waals surface area contributed by atoms with Crippen molar-refractivity contribution in [3.05, 3.63) is 60.2 Å². The highest BCUT2D eigenvalue weighted by atomic mass is 16.2. The van der Waals surface area contributed by atoms with Crippen LogP contribution in [0.4, 0.5) is 11.4 Å². The van der Waals surface area contributed by atoms with E-state index in [0.29, 0.717) is 6.42 Å². The highest BCUT2D eigenvalue weighted by Crippen LogP contribution is 2.42. The molecule has 1 aliphatic heterocycles. The summed E-state index contributed by atoms with van der Waals surface area (Å²) in [5, 5.41) is 0. The molecule has 4 heteroatoms. The molecule has 2 atom stereocenters. The fourth-order valence-electron chi connectivity index (χ4n) is 3.91. The lowest BCUT2D eigenvalue weighted by Gasteiger charge is -2.43. The van der Waals surface area contributed by atoms with E-state index in [-0.39, 0.29) is 23.9 Å². The van der Waals surface area contributed by atoms with Crippen LogP contribution in [0.25, 0.3) is 0 Å². The van der Waals surface area contributed by atoms with Crippen LogP contribution < -0.4 is 9.80 Å². The average molecular weight is 350 g/mol. The van der Waals surface area contributed by atoms with Gasteiger partial charge in [-0.05, 0) is 43.5 Å². The zero-order valence-corrected chi connectivity index (χ0v) is 15.7. The van der Waals surface area contributed by atoms with Crippen LogP contribution in [-0.4, -0.2) is 17.9 Å². The maximum absolute atomic E-state index is 12.7. The summed E-state index contributed by atoms with van der Waals surface area (Å²) in [4.78, 5) is 29.0. The summed E-state index contributed by atoms with van der Waals surface area (Å²) in [5.41, 5.74) is 2.85. The number of hydrogen-bond donors (Lipinski definition) is 0. The van der Waals surface area contributed by atoms with E-state index in [4.69, 9.17) is 0 Å². The van der Waals surface area contributed by atoms with Gasteiger partial charge in [0.2, 0.25) is 11.8 Å². The molecule has 26 heavy (non-hydrogen) atoms. The Kier molecular flexibility index (Phi) is 5.40. The summed E-state index contributed by atoms with van der Waals surface area (Å²) >= 11 is 0. The van der Waals surface area contributed by atoms with Crippen molar-refractivity contribution in [3.8, 4) is 0 Å². The molecule has 0 N–H and O–H groups in total. The molecule has 0 radical (unpaired) electrons. The van der Waals surface area contributed by atoms with E-state index in [1.165, 1.54) is 0 Å². The molecule has 0 spiro atoms. The smallest absolute Gasteiger partial charge is 0.227 e. The molecule has 0 aromatic heterocycles. The lowest BCUT2D eigenvalue weighted by atomic mass is 9.89. The van der Waals surface area contributed by atoms with Crippen molar-refractivity contribution < 1.29 is 9.59 Å². The van der Waals surface area contributed by atoms with Gasteiger partial charge < -0.3 is 9.80 Å². The number of para-hydroxylation sites is 2. The number of anilines is 2. The normalized spacial score (nSPS) is 19.0. The van der Waals surface area contributed by atoms with Crippen LogP contribution in [0.2, 0.25) is 0 Å². The molecule has 0 fully saturated rings. The molecule has 0 unspecified atom stereocenters. The number of benzene rings is 2. The molecule has 2 amide bonds. The quantitative estimate of drug-likeness (QED) is 0.801. The minimum atomic E-state index is -0.0771. The first-order chi connectivity index (χ1) is 12.5. The molecule has 4 nitrogen and oxygen atoms in total. The topological polar surface area (TPSA) is 40.6 Å². The van der Waals surface area contributed by atoms with E-state index in [9.17, 15) is 9.59 Å². The van der Waals surface area contributed by atoms with E-state index in [0.717, 1.165) is 29.8 Å². The molecular formula is C22H26N2O2. The lowest BCUT2D eigenvalue weighted by Crippen LogP contribution is -2.47. The zero-order valence-electron chi connectivity index (χ0n) is 15.7. The Bertz CT molecular complexity index is 788. The summed E-state index contributed by atoms with van der Waals surface area (Å²) in [6.07, 6.45) is 2.09. The minimum absolute atomic E-state index is 0.0107. The molecular weight excluding hydrogens is 324 g/mol. The lowest BCUT2D eigenvalue weighted by molar-refractivity contribution is -0.119. The fourth-order valence-corrected chi connectivity index (χ4v) is 3.91. The van der Waals surface area contributed by atoms with Gasteiger partial charge in [0.1, 0.15) is 0 Å². The van der Waals surface area contributed by atoms with Gasteiger partial charge in [-0.25, -0.2) is 0 Å². The number of carbonyl (C=O) groups is 2. The molecule has 0 aliphatic carbocycles. The van der Waals surface area contributed by atoms with E-state index >= 15 is 0 Å². The van der Waals surface area contributed by atoms with E-state index < -0.39 is 0 Å². The van der Waals surface area contributed by atoms with Gasteiger partial charge in [0.25, 0.3) is 0 Å². The van der Waals surface area contributed by atoms with Crippen molar-refractivity contribution in [2.45, 2.75) is 52.1 Å². The molecule has 0 bridgehead atoms. The summed E-state index contributed by atoms with van der Waals surface area (Å²) < 4.78 is 0. The minimum Gasteiger partial charge on any atom is -0.309 e. The van der Waals surface area contributed by atoms with Gasteiger partial charge in [-0.2, -0.15) is 0 Å². The van der Waals surface area contributed by atoms with Crippen LogP contribution in [0.5, 0.6) is 0 Å².